The summed E-state index contributed by atoms with van der Waals surface area (Å²) in [6, 6.07) is 0. The van der Waals surface area contributed by atoms with Gasteiger partial charge in [-0.15, -0.1) is 0 Å². The molecule has 0 aromatic heterocycles. The van der Waals surface area contributed by atoms with Gasteiger partial charge in [0.15, 0.2) is 0 Å². The van der Waals surface area contributed by atoms with Crippen molar-refractivity contribution < 1.29 is 9.90 Å². The third-order valence-corrected chi connectivity index (χ3v) is 3.63. The molecule has 14 heavy (non-hydrogen) atoms. The van der Waals surface area contributed by atoms with Crippen LogP contribution in [0.3, 0.4) is 0 Å². The monoisotopic (exact) mass is 198 g/mol. The molecule has 2 nitrogen and oxygen atoms in total. The molecule has 1 aliphatic carbocycles. The molecule has 0 saturated heterocycles. The van der Waals surface area contributed by atoms with Crippen LogP contribution in [-0.4, -0.2) is 17.5 Å². The summed E-state index contributed by atoms with van der Waals surface area (Å²) >= 11 is 0. The second-order valence-corrected chi connectivity index (χ2v) is 4.76. The van der Waals surface area contributed by atoms with Crippen LogP contribution in [0.25, 0.3) is 0 Å². The Balaban J connectivity index is 2.34. The van der Waals surface area contributed by atoms with Crippen LogP contribution < -0.4 is 0 Å². The highest BCUT2D eigenvalue weighted by Gasteiger charge is 2.28. The molecule has 2 heteroatoms. The highest BCUT2D eigenvalue weighted by Crippen LogP contribution is 2.34. The lowest BCUT2D eigenvalue weighted by atomic mass is 9.74. The van der Waals surface area contributed by atoms with Crippen molar-refractivity contribution in [1.82, 2.24) is 0 Å². The molecule has 0 aliphatic heterocycles. The summed E-state index contributed by atoms with van der Waals surface area (Å²) < 4.78 is 0. The molecule has 1 saturated carbocycles. The van der Waals surface area contributed by atoms with Crippen LogP contribution in [0.2, 0.25) is 0 Å². The van der Waals surface area contributed by atoms with Crippen LogP contribution in [-0.2, 0) is 4.79 Å². The first-order valence-electron chi connectivity index (χ1n) is 5.78. The van der Waals surface area contributed by atoms with Crippen molar-refractivity contribution in [3.63, 3.8) is 0 Å². The van der Waals surface area contributed by atoms with E-state index in [0.717, 1.165) is 18.8 Å². The second-order valence-electron chi connectivity index (χ2n) is 4.76. The molecule has 1 fully saturated rings. The third-order valence-electron chi connectivity index (χ3n) is 3.63. The summed E-state index contributed by atoms with van der Waals surface area (Å²) in [7, 11) is 0. The molecule has 1 N–H and O–H groups in total. The fraction of sp³-hybridized carbons (Fsp3) is 0.917. The van der Waals surface area contributed by atoms with E-state index >= 15 is 0 Å². The van der Waals surface area contributed by atoms with E-state index in [4.69, 9.17) is 5.11 Å². The fourth-order valence-electron chi connectivity index (χ4n) is 2.30. The van der Waals surface area contributed by atoms with Gasteiger partial charge < -0.3 is 5.11 Å². The average molecular weight is 198 g/mol. The van der Waals surface area contributed by atoms with Gasteiger partial charge in [-0.25, -0.2) is 0 Å². The smallest absolute Gasteiger partial charge is 0.136 e. The third kappa shape index (κ3) is 3.09. The molecule has 3 atom stereocenters. The first-order valence-corrected chi connectivity index (χ1v) is 5.78. The number of Topliss-reactive ketones (excluding diaryl/α,β-unsaturated/α-hetero) is 1. The van der Waals surface area contributed by atoms with Crippen molar-refractivity contribution >= 4 is 5.78 Å². The van der Waals surface area contributed by atoms with E-state index in [0.29, 0.717) is 24.5 Å². The summed E-state index contributed by atoms with van der Waals surface area (Å²) in [5, 5.41) is 8.66. The maximum Gasteiger partial charge on any atom is 0.136 e. The Morgan fingerprint density at radius 3 is 2.57 bits per heavy atom. The predicted molar refractivity (Wildman–Crippen MR) is 57.0 cm³/mol. The molecule has 0 radical (unpaired) electrons. The largest absolute Gasteiger partial charge is 0.396 e. The SMILES string of the molecule is CC1CCC(C(=O)CCCO)CC1C. The highest BCUT2D eigenvalue weighted by atomic mass is 16.3. The van der Waals surface area contributed by atoms with E-state index in [-0.39, 0.29) is 12.5 Å². The first kappa shape index (κ1) is 11.7. The molecule has 0 heterocycles. The Morgan fingerprint density at radius 2 is 2.00 bits per heavy atom. The number of hydrogen-bond acceptors (Lipinski definition) is 2. The van der Waals surface area contributed by atoms with E-state index < -0.39 is 0 Å². The molecule has 0 amide bonds. The van der Waals surface area contributed by atoms with Gasteiger partial charge in [-0.1, -0.05) is 13.8 Å². The van der Waals surface area contributed by atoms with Crippen LogP contribution >= 0.6 is 0 Å². The topological polar surface area (TPSA) is 37.3 Å². The Bertz CT molecular complexity index is 189. The van der Waals surface area contributed by atoms with Gasteiger partial charge in [-0.05, 0) is 37.5 Å². The molecule has 1 aliphatic rings. The van der Waals surface area contributed by atoms with Crippen LogP contribution in [0.5, 0.6) is 0 Å². The van der Waals surface area contributed by atoms with Gasteiger partial charge >= 0.3 is 0 Å². The van der Waals surface area contributed by atoms with Crippen molar-refractivity contribution in [2.75, 3.05) is 6.61 Å². The van der Waals surface area contributed by atoms with Crippen molar-refractivity contribution in [2.24, 2.45) is 17.8 Å². The molecule has 3 unspecified atom stereocenters. The summed E-state index contributed by atoms with van der Waals surface area (Å²) in [5.41, 5.74) is 0. The van der Waals surface area contributed by atoms with Gasteiger partial charge in [0, 0.05) is 18.9 Å². The summed E-state index contributed by atoms with van der Waals surface area (Å²) in [6.45, 7) is 4.67. The normalized spacial score (nSPS) is 32.9. The molecule has 0 spiro atoms. The minimum absolute atomic E-state index is 0.143. The standard InChI is InChI=1S/C12H22O2/c1-9-5-6-11(8-10(9)2)12(14)4-3-7-13/h9-11,13H,3-8H2,1-2H3. The predicted octanol–water partition coefficient (Wildman–Crippen LogP) is 2.40. The van der Waals surface area contributed by atoms with E-state index in [1.54, 1.807) is 0 Å². The number of ketones is 1. The zero-order valence-electron chi connectivity index (χ0n) is 9.33. The zero-order chi connectivity index (χ0) is 10.6. The number of carbonyl (C=O) groups excluding carboxylic acids is 1. The lowest BCUT2D eigenvalue weighted by Gasteiger charge is -2.31. The van der Waals surface area contributed by atoms with Crippen LogP contribution in [0.1, 0.15) is 46.0 Å². The fourth-order valence-corrected chi connectivity index (χ4v) is 2.30. The van der Waals surface area contributed by atoms with Crippen molar-refractivity contribution in [1.29, 1.82) is 0 Å². The first-order chi connectivity index (χ1) is 6.65. The Morgan fingerprint density at radius 1 is 1.29 bits per heavy atom. The van der Waals surface area contributed by atoms with Gasteiger partial charge in [0.2, 0.25) is 0 Å². The van der Waals surface area contributed by atoms with E-state index in [2.05, 4.69) is 13.8 Å². The van der Waals surface area contributed by atoms with Gasteiger partial charge in [0.1, 0.15) is 5.78 Å². The quantitative estimate of drug-likeness (QED) is 0.753. The lowest BCUT2D eigenvalue weighted by Crippen LogP contribution is -2.26. The van der Waals surface area contributed by atoms with Gasteiger partial charge in [0.25, 0.3) is 0 Å². The lowest BCUT2D eigenvalue weighted by molar-refractivity contribution is -0.124. The van der Waals surface area contributed by atoms with Crippen molar-refractivity contribution in [3.8, 4) is 0 Å². The zero-order valence-corrected chi connectivity index (χ0v) is 9.33. The molecule has 1 rings (SSSR count). The van der Waals surface area contributed by atoms with E-state index in [1.165, 1.54) is 6.42 Å². The second kappa shape index (κ2) is 5.50. The Hall–Kier alpha value is -0.370. The summed E-state index contributed by atoms with van der Waals surface area (Å²) in [5.74, 6) is 2.12. The minimum Gasteiger partial charge on any atom is -0.396 e. The molecule has 82 valence electrons. The molecule has 0 bridgehead atoms. The van der Waals surface area contributed by atoms with E-state index in [9.17, 15) is 4.79 Å². The summed E-state index contributed by atoms with van der Waals surface area (Å²) in [4.78, 5) is 11.7. The number of aliphatic hydroxyl groups is 1. The maximum atomic E-state index is 11.7. The van der Waals surface area contributed by atoms with Crippen LogP contribution in [0, 0.1) is 17.8 Å². The van der Waals surface area contributed by atoms with E-state index in [1.807, 2.05) is 0 Å². The van der Waals surface area contributed by atoms with Crippen LogP contribution in [0.15, 0.2) is 0 Å². The number of rotatable bonds is 4. The highest BCUT2D eigenvalue weighted by molar-refractivity contribution is 5.81. The average Bonchev–Trinajstić information content (AvgIpc) is 2.18. The van der Waals surface area contributed by atoms with Crippen molar-refractivity contribution in [2.45, 2.75) is 46.0 Å². The van der Waals surface area contributed by atoms with Gasteiger partial charge in [-0.2, -0.15) is 0 Å². The minimum atomic E-state index is 0.143. The molecular formula is C12H22O2. The summed E-state index contributed by atoms with van der Waals surface area (Å²) in [6.07, 6.45) is 4.53. The van der Waals surface area contributed by atoms with Crippen molar-refractivity contribution in [3.05, 3.63) is 0 Å². The molecular weight excluding hydrogens is 176 g/mol. The van der Waals surface area contributed by atoms with Crippen LogP contribution in [0.4, 0.5) is 0 Å². The Labute approximate surface area is 86.7 Å². The Kier molecular flexibility index (Phi) is 4.59. The number of hydrogen-bond donors (Lipinski definition) is 1. The van der Waals surface area contributed by atoms with Gasteiger partial charge in [-0.3, -0.25) is 4.79 Å². The number of aliphatic hydroxyl groups excluding tert-OH is 1. The maximum absolute atomic E-state index is 11.7. The number of carbonyl (C=O) groups is 1. The van der Waals surface area contributed by atoms with Gasteiger partial charge in [0.05, 0.1) is 0 Å². The molecule has 0 aromatic carbocycles. The molecule has 0 aromatic rings.